The normalized spacial score (nSPS) is 15.0. The predicted octanol–water partition coefficient (Wildman–Crippen LogP) is 4.37. The van der Waals surface area contributed by atoms with Crippen molar-refractivity contribution in [2.45, 2.75) is 6.54 Å². The van der Waals surface area contributed by atoms with Crippen molar-refractivity contribution >= 4 is 17.5 Å². The van der Waals surface area contributed by atoms with Gasteiger partial charge in [0.15, 0.2) is 0 Å². The van der Waals surface area contributed by atoms with Crippen LogP contribution in [0.5, 0.6) is 0 Å². The summed E-state index contributed by atoms with van der Waals surface area (Å²) in [6.07, 6.45) is 0. The Kier molecular flexibility index (Phi) is 6.75. The minimum Gasteiger partial charge on any atom is -0.465 e. The van der Waals surface area contributed by atoms with Gasteiger partial charge in [-0.05, 0) is 29.8 Å². The lowest BCUT2D eigenvalue weighted by atomic mass is 10.1. The third kappa shape index (κ3) is 5.38. The van der Waals surface area contributed by atoms with Crippen LogP contribution in [0.3, 0.4) is 0 Å². The molecule has 0 aliphatic carbocycles. The average Bonchev–Trinajstić information content (AvgIpc) is 2.84. The molecule has 1 aliphatic rings. The van der Waals surface area contributed by atoms with E-state index in [4.69, 9.17) is 9.73 Å². The zero-order valence-corrected chi connectivity index (χ0v) is 17.8. The maximum absolute atomic E-state index is 11.8. The zero-order valence-electron chi connectivity index (χ0n) is 17.8. The summed E-state index contributed by atoms with van der Waals surface area (Å²) in [5.74, 6) is 0.601. The molecular formula is C26H27N3O2. The first-order chi connectivity index (χ1) is 15.2. The molecule has 0 N–H and O–H groups in total. The Hall–Kier alpha value is -3.44. The van der Waals surface area contributed by atoms with E-state index >= 15 is 0 Å². The van der Waals surface area contributed by atoms with E-state index in [1.54, 1.807) is 12.1 Å². The maximum atomic E-state index is 11.8. The van der Waals surface area contributed by atoms with Gasteiger partial charge in [0.25, 0.3) is 0 Å². The molecule has 0 aromatic heterocycles. The highest BCUT2D eigenvalue weighted by molar-refractivity contribution is 6.01. The van der Waals surface area contributed by atoms with Gasteiger partial charge in [0.2, 0.25) is 0 Å². The van der Waals surface area contributed by atoms with E-state index in [0.717, 1.165) is 49.8 Å². The van der Waals surface area contributed by atoms with Crippen LogP contribution in [0.25, 0.3) is 0 Å². The molecule has 0 amide bonds. The molecule has 0 unspecified atom stereocenters. The molecule has 0 spiro atoms. The number of ether oxygens (including phenoxy) is 1. The standard InChI is InChI=1S/C26H27N3O2/c1-31-26(30)23-14-12-22(13-15-23)25(27-24-10-6-3-7-11-24)29-18-16-28(17-19-29)20-21-8-4-2-5-9-21/h2-15H,16-20H2,1H3/b27-25-. The summed E-state index contributed by atoms with van der Waals surface area (Å²) in [6, 6.07) is 28.1. The fourth-order valence-corrected chi connectivity index (χ4v) is 3.78. The Labute approximate surface area is 183 Å². The van der Waals surface area contributed by atoms with Gasteiger partial charge in [-0.2, -0.15) is 0 Å². The van der Waals surface area contributed by atoms with Crippen LogP contribution in [-0.4, -0.2) is 54.9 Å². The minimum absolute atomic E-state index is 0.331. The quantitative estimate of drug-likeness (QED) is 0.354. The van der Waals surface area contributed by atoms with Crippen LogP contribution in [0.15, 0.2) is 89.9 Å². The number of carbonyl (C=O) groups is 1. The second-order valence-electron chi connectivity index (χ2n) is 7.59. The van der Waals surface area contributed by atoms with Crippen LogP contribution in [0.4, 0.5) is 5.69 Å². The Bertz CT molecular complexity index is 1010. The van der Waals surface area contributed by atoms with E-state index in [0.29, 0.717) is 5.56 Å². The van der Waals surface area contributed by atoms with Gasteiger partial charge in [0.05, 0.1) is 18.4 Å². The van der Waals surface area contributed by atoms with Gasteiger partial charge in [-0.15, -0.1) is 0 Å². The van der Waals surface area contributed by atoms with Crippen molar-refractivity contribution in [3.05, 3.63) is 102 Å². The molecule has 158 valence electrons. The van der Waals surface area contributed by atoms with Crippen molar-refractivity contribution in [3.8, 4) is 0 Å². The van der Waals surface area contributed by atoms with Crippen molar-refractivity contribution in [2.24, 2.45) is 4.99 Å². The first-order valence-electron chi connectivity index (χ1n) is 10.6. The Morgan fingerprint density at radius 1 is 0.806 bits per heavy atom. The van der Waals surface area contributed by atoms with Gasteiger partial charge in [-0.25, -0.2) is 9.79 Å². The van der Waals surface area contributed by atoms with E-state index in [1.807, 2.05) is 42.5 Å². The molecule has 3 aromatic rings. The summed E-state index contributed by atoms with van der Waals surface area (Å²) >= 11 is 0. The van der Waals surface area contributed by atoms with Crippen molar-refractivity contribution in [1.82, 2.24) is 9.80 Å². The lowest BCUT2D eigenvalue weighted by Gasteiger charge is -2.36. The van der Waals surface area contributed by atoms with Crippen LogP contribution in [-0.2, 0) is 11.3 Å². The van der Waals surface area contributed by atoms with Gasteiger partial charge in [-0.1, -0.05) is 60.7 Å². The second-order valence-corrected chi connectivity index (χ2v) is 7.59. The number of carbonyl (C=O) groups excluding carboxylic acids is 1. The van der Waals surface area contributed by atoms with Gasteiger partial charge in [0.1, 0.15) is 5.84 Å². The zero-order chi connectivity index (χ0) is 21.5. The topological polar surface area (TPSA) is 45.1 Å². The summed E-state index contributed by atoms with van der Waals surface area (Å²) in [5.41, 5.74) is 3.79. The average molecular weight is 414 g/mol. The third-order valence-corrected chi connectivity index (χ3v) is 5.48. The number of methoxy groups -OCH3 is 1. The molecule has 0 saturated carbocycles. The van der Waals surface area contributed by atoms with Crippen LogP contribution >= 0.6 is 0 Å². The molecule has 3 aromatic carbocycles. The molecule has 1 saturated heterocycles. The third-order valence-electron chi connectivity index (χ3n) is 5.48. The SMILES string of the molecule is COC(=O)c1ccc(/C(=N/c2ccccc2)N2CCN(Cc3ccccc3)CC2)cc1. The molecule has 1 heterocycles. The number of hydrogen-bond donors (Lipinski definition) is 0. The van der Waals surface area contributed by atoms with Crippen LogP contribution in [0, 0.1) is 0 Å². The molecule has 5 nitrogen and oxygen atoms in total. The summed E-state index contributed by atoms with van der Waals surface area (Å²) < 4.78 is 4.82. The van der Waals surface area contributed by atoms with E-state index in [9.17, 15) is 4.79 Å². The summed E-state index contributed by atoms with van der Waals surface area (Å²) in [7, 11) is 1.40. The number of esters is 1. The van der Waals surface area contributed by atoms with E-state index in [-0.39, 0.29) is 5.97 Å². The van der Waals surface area contributed by atoms with E-state index < -0.39 is 0 Å². The molecule has 1 fully saturated rings. The number of aliphatic imine (C=N–C) groups is 1. The maximum Gasteiger partial charge on any atom is 0.337 e. The minimum atomic E-state index is -0.331. The largest absolute Gasteiger partial charge is 0.465 e. The van der Waals surface area contributed by atoms with Gasteiger partial charge in [0, 0.05) is 38.3 Å². The lowest BCUT2D eigenvalue weighted by Crippen LogP contribution is -2.48. The van der Waals surface area contributed by atoms with Crippen molar-refractivity contribution in [1.29, 1.82) is 0 Å². The molecule has 4 rings (SSSR count). The highest BCUT2D eigenvalue weighted by Gasteiger charge is 2.21. The molecule has 0 bridgehead atoms. The molecule has 0 atom stereocenters. The van der Waals surface area contributed by atoms with Crippen molar-refractivity contribution in [3.63, 3.8) is 0 Å². The second kappa shape index (κ2) is 10.0. The highest BCUT2D eigenvalue weighted by Crippen LogP contribution is 2.18. The number of nitrogens with zero attached hydrogens (tertiary/aromatic N) is 3. The molecule has 1 aliphatic heterocycles. The monoisotopic (exact) mass is 413 g/mol. The lowest BCUT2D eigenvalue weighted by molar-refractivity contribution is 0.0600. The molecular weight excluding hydrogens is 386 g/mol. The van der Waals surface area contributed by atoms with Gasteiger partial charge in [-0.3, -0.25) is 4.90 Å². The molecule has 5 heteroatoms. The number of benzene rings is 3. The van der Waals surface area contributed by atoms with Gasteiger partial charge >= 0.3 is 5.97 Å². The number of piperazine rings is 1. The number of amidine groups is 1. The first kappa shape index (κ1) is 20.8. The Balaban J connectivity index is 1.53. The van der Waals surface area contributed by atoms with E-state index in [1.165, 1.54) is 12.7 Å². The van der Waals surface area contributed by atoms with Gasteiger partial charge < -0.3 is 9.64 Å². The number of para-hydroxylation sites is 1. The van der Waals surface area contributed by atoms with Crippen LogP contribution in [0.2, 0.25) is 0 Å². The number of hydrogen-bond acceptors (Lipinski definition) is 4. The van der Waals surface area contributed by atoms with Crippen LogP contribution < -0.4 is 0 Å². The van der Waals surface area contributed by atoms with Crippen molar-refractivity contribution < 1.29 is 9.53 Å². The fraction of sp³-hybridized carbons (Fsp3) is 0.231. The number of rotatable bonds is 5. The van der Waals surface area contributed by atoms with E-state index in [2.05, 4.69) is 40.1 Å². The molecule has 0 radical (unpaired) electrons. The summed E-state index contributed by atoms with van der Waals surface area (Å²) in [4.78, 5) is 21.6. The Morgan fingerprint density at radius 3 is 2.00 bits per heavy atom. The first-order valence-corrected chi connectivity index (χ1v) is 10.6. The fourth-order valence-electron chi connectivity index (χ4n) is 3.78. The smallest absolute Gasteiger partial charge is 0.337 e. The highest BCUT2D eigenvalue weighted by atomic mass is 16.5. The van der Waals surface area contributed by atoms with Crippen LogP contribution in [0.1, 0.15) is 21.5 Å². The predicted molar refractivity (Wildman–Crippen MR) is 124 cm³/mol. The summed E-state index contributed by atoms with van der Waals surface area (Å²) in [5, 5.41) is 0. The molecule has 31 heavy (non-hydrogen) atoms. The Morgan fingerprint density at radius 2 is 1.39 bits per heavy atom. The summed E-state index contributed by atoms with van der Waals surface area (Å²) in [6.45, 7) is 4.72. The van der Waals surface area contributed by atoms with Crippen molar-refractivity contribution in [2.75, 3.05) is 33.3 Å².